The number of aromatic nitrogens is 1. The van der Waals surface area contributed by atoms with E-state index in [2.05, 4.69) is 20.9 Å². The summed E-state index contributed by atoms with van der Waals surface area (Å²) in [4.78, 5) is 4.10. The van der Waals surface area contributed by atoms with Gasteiger partial charge in [0.25, 0.3) is 0 Å². The van der Waals surface area contributed by atoms with E-state index in [1.54, 1.807) is 12.4 Å². The second-order valence-electron chi connectivity index (χ2n) is 4.63. The second kappa shape index (κ2) is 5.81. The standard InChI is InChI=1S/C15H14BrNO3/c16-12-5-10(8-17-9-12)6-13(18)11-1-2-14-15(7-11)20-4-3-19-14/h1-2,5,7-9,13,18H,3-4,6H2. The number of nitrogens with zero attached hydrogens (tertiary/aromatic N) is 1. The Balaban J connectivity index is 1.78. The summed E-state index contributed by atoms with van der Waals surface area (Å²) in [5.41, 5.74) is 1.79. The van der Waals surface area contributed by atoms with Gasteiger partial charge in [0.1, 0.15) is 13.2 Å². The van der Waals surface area contributed by atoms with E-state index in [0.717, 1.165) is 21.3 Å². The van der Waals surface area contributed by atoms with Crippen LogP contribution in [0.25, 0.3) is 0 Å². The first-order chi connectivity index (χ1) is 9.72. The number of hydrogen-bond acceptors (Lipinski definition) is 4. The van der Waals surface area contributed by atoms with E-state index in [9.17, 15) is 5.11 Å². The first kappa shape index (κ1) is 13.4. The van der Waals surface area contributed by atoms with E-state index in [-0.39, 0.29) is 0 Å². The van der Waals surface area contributed by atoms with Crippen molar-refractivity contribution >= 4 is 15.9 Å². The molecular weight excluding hydrogens is 322 g/mol. The fraction of sp³-hybridized carbons (Fsp3) is 0.267. The van der Waals surface area contributed by atoms with Gasteiger partial charge in [0.15, 0.2) is 11.5 Å². The summed E-state index contributed by atoms with van der Waals surface area (Å²) >= 11 is 3.38. The number of hydrogen-bond donors (Lipinski definition) is 1. The lowest BCUT2D eigenvalue weighted by molar-refractivity contribution is 0.164. The minimum atomic E-state index is -0.595. The third-order valence-electron chi connectivity index (χ3n) is 3.14. The van der Waals surface area contributed by atoms with E-state index >= 15 is 0 Å². The molecule has 0 amide bonds. The first-order valence-electron chi connectivity index (χ1n) is 6.39. The van der Waals surface area contributed by atoms with Crippen LogP contribution in [-0.2, 0) is 6.42 Å². The van der Waals surface area contributed by atoms with Crippen molar-refractivity contribution in [2.45, 2.75) is 12.5 Å². The predicted octanol–water partition coefficient (Wildman–Crippen LogP) is 2.89. The van der Waals surface area contributed by atoms with Crippen LogP contribution in [-0.4, -0.2) is 23.3 Å². The van der Waals surface area contributed by atoms with Crippen LogP contribution in [0.5, 0.6) is 11.5 Å². The molecular formula is C15H14BrNO3. The Labute approximate surface area is 125 Å². The number of ether oxygens (including phenoxy) is 2. The number of fused-ring (bicyclic) bond motifs is 1. The zero-order valence-electron chi connectivity index (χ0n) is 10.8. The highest BCUT2D eigenvalue weighted by molar-refractivity contribution is 9.10. The monoisotopic (exact) mass is 335 g/mol. The molecule has 1 aromatic heterocycles. The summed E-state index contributed by atoms with van der Waals surface area (Å²) in [7, 11) is 0. The Bertz CT molecular complexity index is 618. The first-order valence-corrected chi connectivity index (χ1v) is 7.19. The summed E-state index contributed by atoms with van der Waals surface area (Å²) < 4.78 is 11.9. The molecule has 4 nitrogen and oxygen atoms in total. The van der Waals surface area contributed by atoms with Gasteiger partial charge in [0.2, 0.25) is 0 Å². The maximum Gasteiger partial charge on any atom is 0.161 e. The van der Waals surface area contributed by atoms with Crippen LogP contribution in [0.15, 0.2) is 41.1 Å². The third-order valence-corrected chi connectivity index (χ3v) is 3.58. The summed E-state index contributed by atoms with van der Waals surface area (Å²) in [6.45, 7) is 1.11. The van der Waals surface area contributed by atoms with Gasteiger partial charge in [-0.3, -0.25) is 4.98 Å². The molecule has 3 rings (SSSR count). The van der Waals surface area contributed by atoms with E-state index in [4.69, 9.17) is 9.47 Å². The fourth-order valence-electron chi connectivity index (χ4n) is 2.18. The largest absolute Gasteiger partial charge is 0.486 e. The molecule has 1 aliphatic heterocycles. The second-order valence-corrected chi connectivity index (χ2v) is 5.55. The lowest BCUT2D eigenvalue weighted by Crippen LogP contribution is -2.15. The van der Waals surface area contributed by atoms with Crippen molar-refractivity contribution < 1.29 is 14.6 Å². The molecule has 0 bridgehead atoms. The molecule has 0 saturated carbocycles. The highest BCUT2D eigenvalue weighted by Crippen LogP contribution is 2.33. The van der Waals surface area contributed by atoms with E-state index in [0.29, 0.717) is 25.4 Å². The number of halogens is 1. The quantitative estimate of drug-likeness (QED) is 0.936. The van der Waals surface area contributed by atoms with Crippen molar-refractivity contribution in [2.75, 3.05) is 13.2 Å². The Morgan fingerprint density at radius 3 is 2.75 bits per heavy atom. The van der Waals surface area contributed by atoms with Gasteiger partial charge in [-0.2, -0.15) is 0 Å². The molecule has 2 aromatic rings. The molecule has 2 heterocycles. The molecule has 5 heteroatoms. The SMILES string of the molecule is OC(Cc1cncc(Br)c1)c1ccc2c(c1)OCCO2. The molecule has 0 radical (unpaired) electrons. The summed E-state index contributed by atoms with van der Waals surface area (Å²) in [5, 5.41) is 10.3. The molecule has 1 aliphatic rings. The minimum Gasteiger partial charge on any atom is -0.486 e. The van der Waals surface area contributed by atoms with Crippen molar-refractivity contribution in [2.24, 2.45) is 0 Å². The summed E-state index contributed by atoms with van der Waals surface area (Å²) in [6, 6.07) is 7.49. The average molecular weight is 336 g/mol. The van der Waals surface area contributed by atoms with E-state index in [1.165, 1.54) is 0 Å². The minimum absolute atomic E-state index is 0.506. The highest BCUT2D eigenvalue weighted by atomic mass is 79.9. The van der Waals surface area contributed by atoms with Crippen molar-refractivity contribution in [3.8, 4) is 11.5 Å². The average Bonchev–Trinajstić information content (AvgIpc) is 2.47. The zero-order valence-corrected chi connectivity index (χ0v) is 12.3. The Hall–Kier alpha value is -1.59. The molecule has 0 fully saturated rings. The molecule has 1 unspecified atom stereocenters. The fourth-order valence-corrected chi connectivity index (χ4v) is 2.59. The van der Waals surface area contributed by atoms with Gasteiger partial charge in [0, 0.05) is 23.3 Å². The smallest absolute Gasteiger partial charge is 0.161 e. The predicted molar refractivity (Wildman–Crippen MR) is 78.0 cm³/mol. The lowest BCUT2D eigenvalue weighted by atomic mass is 10.0. The van der Waals surface area contributed by atoms with E-state index < -0.39 is 6.10 Å². The van der Waals surface area contributed by atoms with Gasteiger partial charge in [-0.15, -0.1) is 0 Å². The summed E-state index contributed by atoms with van der Waals surface area (Å²) in [5.74, 6) is 1.43. The van der Waals surface area contributed by atoms with Gasteiger partial charge in [-0.1, -0.05) is 6.07 Å². The van der Waals surface area contributed by atoms with Crippen molar-refractivity contribution in [1.29, 1.82) is 0 Å². The van der Waals surface area contributed by atoms with Crippen LogP contribution >= 0.6 is 15.9 Å². The van der Waals surface area contributed by atoms with Gasteiger partial charge in [-0.25, -0.2) is 0 Å². The normalized spacial score (nSPS) is 14.9. The van der Waals surface area contributed by atoms with E-state index in [1.807, 2.05) is 24.3 Å². The van der Waals surface area contributed by atoms with Crippen LogP contribution in [0.3, 0.4) is 0 Å². The molecule has 0 spiro atoms. The van der Waals surface area contributed by atoms with Gasteiger partial charge in [-0.05, 0) is 45.3 Å². The Morgan fingerprint density at radius 1 is 1.15 bits per heavy atom. The van der Waals surface area contributed by atoms with Crippen LogP contribution in [0.4, 0.5) is 0 Å². The Kier molecular flexibility index (Phi) is 3.89. The molecule has 20 heavy (non-hydrogen) atoms. The van der Waals surface area contributed by atoms with Crippen molar-refractivity contribution in [3.05, 3.63) is 52.3 Å². The number of aliphatic hydroxyl groups excluding tert-OH is 1. The van der Waals surface area contributed by atoms with Crippen LogP contribution in [0, 0.1) is 0 Å². The molecule has 0 aliphatic carbocycles. The van der Waals surface area contributed by atoms with Crippen LogP contribution in [0.1, 0.15) is 17.2 Å². The Morgan fingerprint density at radius 2 is 1.95 bits per heavy atom. The maximum absolute atomic E-state index is 10.3. The zero-order chi connectivity index (χ0) is 13.9. The molecule has 1 atom stereocenters. The number of pyridine rings is 1. The summed E-state index contributed by atoms with van der Waals surface area (Å²) in [6.07, 6.45) is 3.39. The van der Waals surface area contributed by atoms with Gasteiger partial charge < -0.3 is 14.6 Å². The molecule has 0 saturated heterocycles. The molecule has 1 N–H and O–H groups in total. The lowest BCUT2D eigenvalue weighted by Gasteiger charge is -2.20. The third kappa shape index (κ3) is 2.94. The maximum atomic E-state index is 10.3. The number of aliphatic hydroxyl groups is 1. The van der Waals surface area contributed by atoms with Crippen LogP contribution in [0.2, 0.25) is 0 Å². The highest BCUT2D eigenvalue weighted by Gasteiger charge is 2.15. The number of rotatable bonds is 3. The number of benzene rings is 1. The van der Waals surface area contributed by atoms with Crippen molar-refractivity contribution in [3.63, 3.8) is 0 Å². The molecule has 1 aromatic carbocycles. The molecule has 104 valence electrons. The van der Waals surface area contributed by atoms with Crippen LogP contribution < -0.4 is 9.47 Å². The topological polar surface area (TPSA) is 51.6 Å². The van der Waals surface area contributed by atoms with Gasteiger partial charge in [0.05, 0.1) is 6.10 Å². The van der Waals surface area contributed by atoms with Gasteiger partial charge >= 0.3 is 0 Å². The van der Waals surface area contributed by atoms with Crippen molar-refractivity contribution in [1.82, 2.24) is 4.98 Å².